The average molecular weight is 336 g/mol. The molecule has 1 fully saturated rings. The van der Waals surface area contributed by atoms with Crippen LogP contribution in [0.1, 0.15) is 38.7 Å². The summed E-state index contributed by atoms with van der Waals surface area (Å²) in [7, 11) is 0. The summed E-state index contributed by atoms with van der Waals surface area (Å²) in [5.74, 6) is 3.06. The summed E-state index contributed by atoms with van der Waals surface area (Å²) in [6, 6.07) is 6.44. The van der Waals surface area contributed by atoms with Crippen LogP contribution in [0.3, 0.4) is 0 Å². The van der Waals surface area contributed by atoms with Crippen LogP contribution in [0.15, 0.2) is 18.2 Å². The Hall–Kier alpha value is -1.30. The number of rotatable bonds is 7. The van der Waals surface area contributed by atoms with Gasteiger partial charge in [0, 0.05) is 5.92 Å². The molecule has 3 rings (SSSR count). The fourth-order valence-corrected chi connectivity index (χ4v) is 3.70. The molecule has 0 spiro atoms. The van der Waals surface area contributed by atoms with E-state index in [1.54, 1.807) is 0 Å². The van der Waals surface area contributed by atoms with Gasteiger partial charge in [0.2, 0.25) is 6.79 Å². The van der Waals surface area contributed by atoms with Crippen LogP contribution in [-0.2, 0) is 11.3 Å². The zero-order valence-electron chi connectivity index (χ0n) is 14.7. The summed E-state index contributed by atoms with van der Waals surface area (Å²) in [6.07, 6.45) is 3.48. The zero-order chi connectivity index (χ0) is 16.9. The molecule has 0 radical (unpaired) electrons. The molecule has 24 heavy (non-hydrogen) atoms. The normalized spacial score (nSPS) is 27.2. The molecular weight excluding hydrogens is 306 g/mol. The first-order valence-corrected chi connectivity index (χ1v) is 9.11. The van der Waals surface area contributed by atoms with Crippen molar-refractivity contribution >= 4 is 0 Å². The second-order valence-corrected chi connectivity index (χ2v) is 7.26. The van der Waals surface area contributed by atoms with Crippen molar-refractivity contribution in [3.8, 4) is 11.5 Å². The van der Waals surface area contributed by atoms with Crippen molar-refractivity contribution in [2.45, 2.75) is 51.9 Å². The SMILES string of the molecule is C[C@@H]1[C@@H](C)CCC[C@H]1[NH2+]C[C@H](O)COCc1ccc2c(c1)OCO2. The molecule has 1 heterocycles. The van der Waals surface area contributed by atoms with E-state index in [9.17, 15) is 5.11 Å². The largest absolute Gasteiger partial charge is 0.454 e. The maximum atomic E-state index is 10.2. The van der Waals surface area contributed by atoms with Gasteiger partial charge in [0.1, 0.15) is 12.6 Å². The predicted octanol–water partition coefficient (Wildman–Crippen LogP) is 1.68. The van der Waals surface area contributed by atoms with Gasteiger partial charge in [-0.2, -0.15) is 0 Å². The first-order chi connectivity index (χ1) is 11.6. The molecule has 0 unspecified atom stereocenters. The molecule has 0 bridgehead atoms. The average Bonchev–Trinajstić information content (AvgIpc) is 3.04. The Bertz CT molecular complexity index is 536. The van der Waals surface area contributed by atoms with E-state index in [0.717, 1.165) is 28.9 Å². The van der Waals surface area contributed by atoms with Crippen LogP contribution in [0, 0.1) is 11.8 Å². The van der Waals surface area contributed by atoms with E-state index in [-0.39, 0.29) is 6.79 Å². The molecule has 1 aliphatic carbocycles. The van der Waals surface area contributed by atoms with Crippen LogP contribution in [0.25, 0.3) is 0 Å². The molecule has 134 valence electrons. The quantitative estimate of drug-likeness (QED) is 0.795. The maximum Gasteiger partial charge on any atom is 0.231 e. The summed E-state index contributed by atoms with van der Waals surface area (Å²) in [4.78, 5) is 0. The van der Waals surface area contributed by atoms with Gasteiger partial charge in [0.15, 0.2) is 11.5 Å². The number of aliphatic hydroxyl groups excluding tert-OH is 1. The van der Waals surface area contributed by atoms with Crippen molar-refractivity contribution in [1.29, 1.82) is 0 Å². The van der Waals surface area contributed by atoms with Crippen LogP contribution in [0.2, 0.25) is 0 Å². The number of fused-ring (bicyclic) bond motifs is 1. The van der Waals surface area contributed by atoms with Crippen LogP contribution >= 0.6 is 0 Å². The first kappa shape index (κ1) is 17.5. The lowest BCUT2D eigenvalue weighted by Gasteiger charge is -2.32. The van der Waals surface area contributed by atoms with Crippen LogP contribution < -0.4 is 14.8 Å². The Morgan fingerprint density at radius 3 is 2.96 bits per heavy atom. The molecule has 1 aromatic rings. The molecule has 3 N–H and O–H groups in total. The van der Waals surface area contributed by atoms with Gasteiger partial charge >= 0.3 is 0 Å². The minimum atomic E-state index is -0.427. The monoisotopic (exact) mass is 336 g/mol. The van der Waals surface area contributed by atoms with E-state index in [4.69, 9.17) is 14.2 Å². The number of hydrogen-bond acceptors (Lipinski definition) is 4. The zero-order valence-corrected chi connectivity index (χ0v) is 14.7. The second kappa shape index (κ2) is 8.19. The number of ether oxygens (including phenoxy) is 3. The summed E-state index contributed by atoms with van der Waals surface area (Å²) in [5, 5.41) is 12.5. The lowest BCUT2D eigenvalue weighted by Crippen LogP contribution is -2.93. The molecule has 4 atom stereocenters. The lowest BCUT2D eigenvalue weighted by atomic mass is 9.78. The van der Waals surface area contributed by atoms with E-state index in [2.05, 4.69) is 19.2 Å². The molecule has 0 saturated heterocycles. The number of quaternary nitrogens is 1. The summed E-state index contributed by atoms with van der Waals surface area (Å²) in [5.41, 5.74) is 1.03. The number of hydrogen-bond donors (Lipinski definition) is 2. The van der Waals surface area contributed by atoms with Gasteiger partial charge in [-0.15, -0.1) is 0 Å². The van der Waals surface area contributed by atoms with Gasteiger partial charge < -0.3 is 24.6 Å². The van der Waals surface area contributed by atoms with Gasteiger partial charge in [-0.1, -0.05) is 19.9 Å². The van der Waals surface area contributed by atoms with Crippen molar-refractivity contribution < 1.29 is 24.6 Å². The van der Waals surface area contributed by atoms with Gasteiger partial charge in [0.05, 0.1) is 19.3 Å². The number of nitrogens with two attached hydrogens (primary N) is 1. The van der Waals surface area contributed by atoms with Crippen molar-refractivity contribution in [2.24, 2.45) is 11.8 Å². The van der Waals surface area contributed by atoms with Crippen LogP contribution in [-0.4, -0.2) is 37.2 Å². The van der Waals surface area contributed by atoms with Crippen molar-refractivity contribution in [3.63, 3.8) is 0 Å². The standard InChI is InChI=1S/C19H29NO4/c1-13-4-3-5-17(14(13)2)20-9-16(21)11-22-10-15-6-7-18-19(8-15)24-12-23-18/h6-8,13-14,16-17,20-21H,3-5,9-12H2,1-2H3/p+1/t13-,14+,16-,17+/m0/s1. The summed E-state index contributed by atoms with van der Waals surface area (Å²) in [6.45, 7) is 6.52. The Balaban J connectivity index is 1.36. The molecule has 0 aromatic heterocycles. The van der Waals surface area contributed by atoms with Gasteiger partial charge in [0.25, 0.3) is 0 Å². The highest BCUT2D eigenvalue weighted by molar-refractivity contribution is 5.44. The Morgan fingerprint density at radius 1 is 1.25 bits per heavy atom. The van der Waals surface area contributed by atoms with Crippen molar-refractivity contribution in [2.75, 3.05) is 19.9 Å². The summed E-state index contributed by atoms with van der Waals surface area (Å²) < 4.78 is 16.3. The van der Waals surface area contributed by atoms with Crippen LogP contribution in [0.4, 0.5) is 0 Å². The minimum Gasteiger partial charge on any atom is -0.454 e. The van der Waals surface area contributed by atoms with E-state index in [1.165, 1.54) is 19.3 Å². The van der Waals surface area contributed by atoms with Gasteiger partial charge in [-0.05, 0) is 42.9 Å². The molecule has 0 amide bonds. The molecular formula is C19H30NO4+. The smallest absolute Gasteiger partial charge is 0.231 e. The van der Waals surface area contributed by atoms with Crippen LogP contribution in [0.5, 0.6) is 11.5 Å². The van der Waals surface area contributed by atoms with Gasteiger partial charge in [-0.25, -0.2) is 0 Å². The molecule has 2 aliphatic rings. The molecule has 1 aliphatic heterocycles. The fourth-order valence-electron chi connectivity index (χ4n) is 3.70. The highest BCUT2D eigenvalue weighted by atomic mass is 16.7. The first-order valence-electron chi connectivity index (χ1n) is 9.11. The van der Waals surface area contributed by atoms with Crippen molar-refractivity contribution in [1.82, 2.24) is 0 Å². The highest BCUT2D eigenvalue weighted by Gasteiger charge is 2.29. The minimum absolute atomic E-state index is 0.284. The molecule has 1 saturated carbocycles. The Kier molecular flexibility index (Phi) is 5.98. The summed E-state index contributed by atoms with van der Waals surface area (Å²) >= 11 is 0. The molecule has 5 nitrogen and oxygen atoms in total. The Labute approximate surface area is 144 Å². The molecule has 5 heteroatoms. The van der Waals surface area contributed by atoms with E-state index in [0.29, 0.717) is 25.8 Å². The van der Waals surface area contributed by atoms with E-state index in [1.807, 2.05) is 18.2 Å². The third-order valence-corrected chi connectivity index (χ3v) is 5.50. The Morgan fingerprint density at radius 2 is 2.08 bits per heavy atom. The van der Waals surface area contributed by atoms with Crippen molar-refractivity contribution in [3.05, 3.63) is 23.8 Å². The third kappa shape index (κ3) is 4.41. The highest BCUT2D eigenvalue weighted by Crippen LogP contribution is 2.32. The third-order valence-electron chi connectivity index (χ3n) is 5.50. The maximum absolute atomic E-state index is 10.2. The number of benzene rings is 1. The number of aliphatic hydroxyl groups is 1. The van der Waals surface area contributed by atoms with E-state index < -0.39 is 6.10 Å². The van der Waals surface area contributed by atoms with Gasteiger partial charge in [-0.3, -0.25) is 0 Å². The predicted molar refractivity (Wildman–Crippen MR) is 91.0 cm³/mol. The topological polar surface area (TPSA) is 64.5 Å². The lowest BCUT2D eigenvalue weighted by molar-refractivity contribution is -0.704. The van der Waals surface area contributed by atoms with E-state index >= 15 is 0 Å². The second-order valence-electron chi connectivity index (χ2n) is 7.26. The molecule has 1 aromatic carbocycles. The fraction of sp³-hybridized carbons (Fsp3) is 0.684.